The lowest BCUT2D eigenvalue weighted by atomic mass is 9.98. The fourth-order valence-corrected chi connectivity index (χ4v) is 14.0. The number of para-hydroxylation sites is 4. The summed E-state index contributed by atoms with van der Waals surface area (Å²) in [6.07, 6.45) is 0. The Hall–Kier alpha value is -9.46. The molecule has 16 aromatic rings. The molecule has 0 bridgehead atoms. The van der Waals surface area contributed by atoms with E-state index in [1.165, 1.54) is 61.9 Å². The molecule has 16 rings (SSSR count). The zero-order chi connectivity index (χ0) is 49.8. The molecule has 0 aliphatic heterocycles. The molecule has 4 nitrogen and oxygen atoms in total. The minimum absolute atomic E-state index is 0.897. The van der Waals surface area contributed by atoms with Crippen molar-refractivity contribution >= 4 is 152 Å². The van der Waals surface area contributed by atoms with Crippen molar-refractivity contribution in [2.45, 2.75) is 0 Å². The zero-order valence-electron chi connectivity index (χ0n) is 40.9. The van der Waals surface area contributed by atoms with Crippen molar-refractivity contribution < 1.29 is 4.42 Å². The van der Waals surface area contributed by atoms with Crippen LogP contribution in [-0.4, -0.2) is 4.57 Å². The van der Waals surface area contributed by atoms with E-state index in [-0.39, 0.29) is 0 Å². The first-order chi connectivity index (χ1) is 37.6. The van der Waals surface area contributed by atoms with E-state index in [1.54, 1.807) is 0 Å². The monoisotopic (exact) mass is 1010 g/mol. The van der Waals surface area contributed by atoms with E-state index in [2.05, 4.69) is 269 Å². The predicted molar refractivity (Wildman–Crippen MR) is 326 cm³/mol. The molecule has 0 spiro atoms. The summed E-state index contributed by atoms with van der Waals surface area (Å²) in [5.41, 5.74) is 13.9. The second-order valence-corrected chi connectivity index (χ2v) is 21.8. The van der Waals surface area contributed by atoms with Crippen LogP contribution in [0.3, 0.4) is 0 Å². The van der Waals surface area contributed by atoms with Crippen LogP contribution in [0.15, 0.2) is 265 Å². The van der Waals surface area contributed by atoms with Crippen molar-refractivity contribution in [1.29, 1.82) is 0 Å². The van der Waals surface area contributed by atoms with Crippen LogP contribution in [0.1, 0.15) is 0 Å². The molecule has 0 fully saturated rings. The molecule has 0 aliphatic carbocycles. The summed E-state index contributed by atoms with van der Waals surface area (Å²) in [6.45, 7) is 0. The summed E-state index contributed by atoms with van der Waals surface area (Å²) in [5, 5.41) is 12.1. The van der Waals surface area contributed by atoms with Gasteiger partial charge in [0.05, 0.1) is 11.0 Å². The molecule has 0 saturated carbocycles. The van der Waals surface area contributed by atoms with Gasteiger partial charge in [-0.1, -0.05) is 121 Å². The zero-order valence-corrected chi connectivity index (χ0v) is 42.5. The Kier molecular flexibility index (Phi) is 9.64. The maximum atomic E-state index is 6.46. The van der Waals surface area contributed by atoms with Crippen LogP contribution >= 0.6 is 22.7 Å². The van der Waals surface area contributed by atoms with Gasteiger partial charge in [0.25, 0.3) is 0 Å². The summed E-state index contributed by atoms with van der Waals surface area (Å²) in [5.74, 6) is 0. The highest BCUT2D eigenvalue weighted by Gasteiger charge is 2.23. The Morgan fingerprint density at radius 3 is 1.46 bits per heavy atom. The molecule has 6 heteroatoms. The number of anilines is 6. The molecule has 0 radical (unpaired) electrons. The van der Waals surface area contributed by atoms with Crippen LogP contribution in [0.25, 0.3) is 112 Å². The summed E-state index contributed by atoms with van der Waals surface area (Å²) >= 11 is 3.70. The first-order valence-corrected chi connectivity index (χ1v) is 27.3. The second kappa shape index (κ2) is 17.0. The van der Waals surface area contributed by atoms with Gasteiger partial charge in [0.15, 0.2) is 0 Å². The molecule has 0 N–H and O–H groups in total. The molecule has 76 heavy (non-hydrogen) atoms. The molecule has 12 aromatic carbocycles. The summed E-state index contributed by atoms with van der Waals surface area (Å²) in [4.78, 5) is 4.87. The number of hydrogen-bond donors (Lipinski definition) is 0. The van der Waals surface area contributed by atoms with Crippen molar-refractivity contribution in [3.05, 3.63) is 261 Å². The smallest absolute Gasteiger partial charge is 0.136 e. The van der Waals surface area contributed by atoms with E-state index >= 15 is 0 Å². The second-order valence-electron chi connectivity index (χ2n) is 19.7. The van der Waals surface area contributed by atoms with Crippen LogP contribution in [0, 0.1) is 0 Å². The Morgan fingerprint density at radius 1 is 0.289 bits per heavy atom. The molecule has 0 amide bonds. The fourth-order valence-electron chi connectivity index (χ4n) is 11.9. The standard InChI is InChI=1S/C70H43N3OS2/c1-4-16-47(17-5-1)71(50-30-34-68-60(41-50)54-22-11-14-26-66(54)75-68)52-36-46(37-53(40-52)72(48-18-6-2-7-19-48)51-31-35-69-61(42-51)55-23-12-15-27-67(55)76-69)44-28-32-62-58(38-44)59-43-57-45(39-63(59)73(62)49-20-8-3-9-21-49)29-33-65-70(57)56-24-10-13-25-64(56)74-65/h1-43H. The van der Waals surface area contributed by atoms with Crippen molar-refractivity contribution in [2.75, 3.05) is 9.80 Å². The number of furan rings is 1. The molecule has 356 valence electrons. The van der Waals surface area contributed by atoms with E-state index in [0.717, 1.165) is 83.9 Å². The highest BCUT2D eigenvalue weighted by atomic mass is 32.1. The van der Waals surface area contributed by atoms with Crippen LogP contribution in [0.2, 0.25) is 0 Å². The highest BCUT2D eigenvalue weighted by molar-refractivity contribution is 7.26. The number of rotatable bonds is 8. The molecule has 0 aliphatic rings. The minimum Gasteiger partial charge on any atom is -0.456 e. The quantitative estimate of drug-likeness (QED) is 0.152. The van der Waals surface area contributed by atoms with Gasteiger partial charge in [0.1, 0.15) is 11.2 Å². The summed E-state index contributed by atoms with van der Waals surface area (Å²) in [7, 11) is 0. The average Bonchev–Trinajstić information content (AvgIpc) is 4.29. The number of benzene rings is 12. The summed E-state index contributed by atoms with van der Waals surface area (Å²) < 4.78 is 14.0. The lowest BCUT2D eigenvalue weighted by Gasteiger charge is -2.30. The molecule has 0 unspecified atom stereocenters. The molecule has 4 aromatic heterocycles. The van der Waals surface area contributed by atoms with Crippen LogP contribution in [0.4, 0.5) is 34.1 Å². The van der Waals surface area contributed by atoms with Crippen molar-refractivity contribution in [3.8, 4) is 16.8 Å². The number of hydrogen-bond acceptors (Lipinski definition) is 5. The topological polar surface area (TPSA) is 24.6 Å². The van der Waals surface area contributed by atoms with E-state index in [1.807, 2.05) is 28.7 Å². The number of fused-ring (bicyclic) bond motifs is 14. The van der Waals surface area contributed by atoms with E-state index in [0.29, 0.717) is 0 Å². The van der Waals surface area contributed by atoms with Crippen molar-refractivity contribution in [2.24, 2.45) is 0 Å². The minimum atomic E-state index is 0.897. The van der Waals surface area contributed by atoms with Crippen LogP contribution in [-0.2, 0) is 0 Å². The Bertz CT molecular complexity index is 4780. The fraction of sp³-hybridized carbons (Fsp3) is 0. The normalized spacial score (nSPS) is 11.9. The van der Waals surface area contributed by atoms with Gasteiger partial charge in [-0.25, -0.2) is 0 Å². The third-order valence-electron chi connectivity index (χ3n) is 15.3. The predicted octanol–water partition coefficient (Wildman–Crippen LogP) is 21.2. The van der Waals surface area contributed by atoms with Crippen molar-refractivity contribution in [3.63, 3.8) is 0 Å². The van der Waals surface area contributed by atoms with E-state index < -0.39 is 0 Å². The lowest BCUT2D eigenvalue weighted by Crippen LogP contribution is -2.13. The van der Waals surface area contributed by atoms with E-state index in [4.69, 9.17) is 4.42 Å². The number of thiophene rings is 2. The Labute approximate surface area is 445 Å². The van der Waals surface area contributed by atoms with Gasteiger partial charge in [-0.15, -0.1) is 22.7 Å². The first kappa shape index (κ1) is 43.0. The van der Waals surface area contributed by atoms with Gasteiger partial charge < -0.3 is 18.8 Å². The number of nitrogens with zero attached hydrogens (tertiary/aromatic N) is 3. The van der Waals surface area contributed by atoms with Crippen LogP contribution in [0.5, 0.6) is 0 Å². The van der Waals surface area contributed by atoms with Gasteiger partial charge >= 0.3 is 0 Å². The van der Waals surface area contributed by atoms with Gasteiger partial charge in [-0.05, 0) is 161 Å². The van der Waals surface area contributed by atoms with Gasteiger partial charge in [-0.2, -0.15) is 0 Å². The molecule has 0 saturated heterocycles. The maximum Gasteiger partial charge on any atom is 0.136 e. The average molecular weight is 1010 g/mol. The third kappa shape index (κ3) is 6.81. The lowest BCUT2D eigenvalue weighted by molar-refractivity contribution is 0.669. The Balaban J connectivity index is 0.976. The molecule has 4 heterocycles. The first-order valence-electron chi connectivity index (χ1n) is 25.7. The van der Waals surface area contributed by atoms with Crippen molar-refractivity contribution in [1.82, 2.24) is 4.57 Å². The highest BCUT2D eigenvalue weighted by Crippen LogP contribution is 2.48. The van der Waals surface area contributed by atoms with Gasteiger partial charge in [-0.3, -0.25) is 0 Å². The maximum absolute atomic E-state index is 6.46. The third-order valence-corrected chi connectivity index (χ3v) is 17.6. The summed E-state index contributed by atoms with van der Waals surface area (Å²) in [6, 6.07) is 95.6. The van der Waals surface area contributed by atoms with Gasteiger partial charge in [0.2, 0.25) is 0 Å². The van der Waals surface area contributed by atoms with Gasteiger partial charge in [0, 0.05) is 102 Å². The molecular formula is C70H43N3OS2. The van der Waals surface area contributed by atoms with E-state index in [9.17, 15) is 0 Å². The largest absolute Gasteiger partial charge is 0.456 e. The SMILES string of the molecule is c1ccc(N(c2cc(-c3ccc4c(c3)c3cc5c(ccc6oc7ccccc7c65)cc3n4-c3ccccc3)cc(N(c3ccccc3)c3ccc4sc5ccccc5c4c3)c2)c2ccc3sc4ccccc4c3c2)cc1. The molecular weight excluding hydrogens is 963 g/mol. The number of aromatic nitrogens is 1. The molecule has 0 atom stereocenters. The Morgan fingerprint density at radius 2 is 0.829 bits per heavy atom. The van der Waals surface area contributed by atoms with Crippen LogP contribution < -0.4 is 9.80 Å².